The highest BCUT2D eigenvalue weighted by molar-refractivity contribution is 7.97. The Morgan fingerprint density at radius 3 is 2.93 bits per heavy atom. The van der Waals surface area contributed by atoms with Gasteiger partial charge in [-0.15, -0.1) is 0 Å². The molecular weight excluding hydrogens is 216 g/mol. The van der Waals surface area contributed by atoms with Gasteiger partial charge in [0.15, 0.2) is 5.82 Å². The third kappa shape index (κ3) is 1.73. The highest BCUT2D eigenvalue weighted by atomic mass is 32.2. The molecule has 1 fully saturated rings. The molecule has 82 valence electrons. The van der Waals surface area contributed by atoms with Crippen molar-refractivity contribution in [1.29, 1.82) is 0 Å². The summed E-state index contributed by atoms with van der Waals surface area (Å²) in [6.45, 7) is 0. The molecule has 1 saturated carbocycles. The van der Waals surface area contributed by atoms with Crippen LogP contribution >= 0.6 is 11.8 Å². The van der Waals surface area contributed by atoms with Gasteiger partial charge in [0.25, 0.3) is 0 Å². The predicted octanol–water partition coefficient (Wildman–Crippen LogP) is 1.14. The molecule has 6 heteroatoms. The average Bonchev–Trinajstić information content (AvgIpc) is 2.93. The first-order valence-electron chi connectivity index (χ1n) is 4.63. The maximum atomic E-state index is 11.5. The lowest BCUT2D eigenvalue weighted by Gasteiger charge is -2.05. The number of nitrogens with zero attached hydrogens (tertiary/aromatic N) is 2. The van der Waals surface area contributed by atoms with Crippen LogP contribution in [-0.4, -0.2) is 29.5 Å². The van der Waals surface area contributed by atoms with Crippen molar-refractivity contribution in [3.63, 3.8) is 0 Å². The number of hydrogen-bond acceptors (Lipinski definition) is 6. The van der Waals surface area contributed by atoms with Crippen molar-refractivity contribution in [2.24, 2.45) is 0 Å². The number of rotatable bonds is 4. The van der Waals surface area contributed by atoms with Crippen molar-refractivity contribution < 1.29 is 14.1 Å². The molecule has 1 aliphatic rings. The lowest BCUT2D eigenvalue weighted by atomic mass is 10.1. The summed E-state index contributed by atoms with van der Waals surface area (Å²) < 4.78 is 9.82. The summed E-state index contributed by atoms with van der Waals surface area (Å²) >= 11 is 1.61. The Hall–Kier alpha value is -1.04. The number of thioether (sulfide) groups is 1. The van der Waals surface area contributed by atoms with Crippen LogP contribution in [-0.2, 0) is 20.7 Å². The van der Waals surface area contributed by atoms with E-state index in [0.29, 0.717) is 17.5 Å². The first kappa shape index (κ1) is 10.5. The fourth-order valence-electron chi connectivity index (χ4n) is 1.46. The maximum Gasteiger partial charge on any atom is 0.321 e. The number of aromatic nitrogens is 2. The van der Waals surface area contributed by atoms with Crippen LogP contribution in [0.15, 0.2) is 4.52 Å². The molecule has 0 radical (unpaired) electrons. The van der Waals surface area contributed by atoms with Crippen LogP contribution in [0.4, 0.5) is 0 Å². The van der Waals surface area contributed by atoms with Crippen molar-refractivity contribution in [3.05, 3.63) is 11.7 Å². The lowest BCUT2D eigenvalue weighted by Crippen LogP contribution is -2.22. The van der Waals surface area contributed by atoms with Crippen LogP contribution in [0.1, 0.15) is 24.6 Å². The van der Waals surface area contributed by atoms with Crippen molar-refractivity contribution >= 4 is 17.7 Å². The molecule has 2 rings (SSSR count). The summed E-state index contributed by atoms with van der Waals surface area (Å²) in [7, 11) is 1.38. The molecule has 0 aliphatic heterocycles. The maximum absolute atomic E-state index is 11.5. The van der Waals surface area contributed by atoms with E-state index in [0.717, 1.165) is 12.8 Å². The van der Waals surface area contributed by atoms with Crippen molar-refractivity contribution in [2.45, 2.75) is 24.0 Å². The second-order valence-corrected chi connectivity index (χ2v) is 4.39. The van der Waals surface area contributed by atoms with Crippen LogP contribution in [0.25, 0.3) is 0 Å². The van der Waals surface area contributed by atoms with Crippen LogP contribution in [0.2, 0.25) is 0 Å². The van der Waals surface area contributed by atoms with Crippen LogP contribution in [0.5, 0.6) is 0 Å². The largest absolute Gasteiger partial charge is 0.468 e. The van der Waals surface area contributed by atoms with Gasteiger partial charge in [-0.1, -0.05) is 5.16 Å². The van der Waals surface area contributed by atoms with E-state index in [1.807, 2.05) is 6.26 Å². The van der Waals surface area contributed by atoms with Crippen molar-refractivity contribution in [3.8, 4) is 0 Å². The minimum absolute atomic E-state index is 0.276. The fraction of sp³-hybridized carbons (Fsp3) is 0.667. The Kier molecular flexibility index (Phi) is 2.68. The number of carbonyl (C=O) groups is 1. The molecule has 1 aromatic rings. The first-order chi connectivity index (χ1) is 7.23. The molecule has 0 spiro atoms. The summed E-state index contributed by atoms with van der Waals surface area (Å²) in [4.78, 5) is 15.7. The third-order valence-corrected chi connectivity index (χ3v) is 3.02. The van der Waals surface area contributed by atoms with E-state index in [1.54, 1.807) is 11.8 Å². The monoisotopic (exact) mass is 228 g/mol. The molecule has 0 saturated heterocycles. The van der Waals surface area contributed by atoms with E-state index in [2.05, 4.69) is 10.1 Å². The zero-order valence-electron chi connectivity index (χ0n) is 8.65. The zero-order valence-corrected chi connectivity index (χ0v) is 9.47. The summed E-state index contributed by atoms with van der Waals surface area (Å²) in [6, 6.07) is 0. The molecule has 0 N–H and O–H groups in total. The van der Waals surface area contributed by atoms with Gasteiger partial charge in [0.2, 0.25) is 5.89 Å². The van der Waals surface area contributed by atoms with Crippen LogP contribution in [0.3, 0.4) is 0 Å². The van der Waals surface area contributed by atoms with Gasteiger partial charge >= 0.3 is 5.97 Å². The normalized spacial score (nSPS) is 17.5. The molecule has 1 heterocycles. The minimum Gasteiger partial charge on any atom is -0.468 e. The van der Waals surface area contributed by atoms with Gasteiger partial charge < -0.3 is 9.26 Å². The van der Waals surface area contributed by atoms with E-state index in [1.165, 1.54) is 7.11 Å². The summed E-state index contributed by atoms with van der Waals surface area (Å²) in [5.74, 6) is 1.45. The van der Waals surface area contributed by atoms with Gasteiger partial charge in [-0.2, -0.15) is 16.7 Å². The molecule has 0 bridgehead atoms. The Labute approximate surface area is 91.6 Å². The quantitative estimate of drug-likeness (QED) is 0.720. The minimum atomic E-state index is -0.640. The topological polar surface area (TPSA) is 65.2 Å². The molecule has 0 atom stereocenters. The number of hydrogen-bond donors (Lipinski definition) is 0. The van der Waals surface area contributed by atoms with Crippen molar-refractivity contribution in [1.82, 2.24) is 10.1 Å². The lowest BCUT2D eigenvalue weighted by molar-refractivity contribution is -0.144. The fourth-order valence-corrected chi connectivity index (χ4v) is 1.84. The molecule has 1 aromatic heterocycles. The molecule has 15 heavy (non-hydrogen) atoms. The Morgan fingerprint density at radius 2 is 2.40 bits per heavy atom. The summed E-state index contributed by atoms with van der Waals surface area (Å²) in [5, 5.41) is 3.81. The van der Waals surface area contributed by atoms with E-state index >= 15 is 0 Å². The smallest absolute Gasteiger partial charge is 0.321 e. The number of carbonyl (C=O) groups excluding carboxylic acids is 1. The highest BCUT2D eigenvalue weighted by Crippen LogP contribution is 2.48. The third-order valence-electron chi connectivity index (χ3n) is 2.48. The van der Waals surface area contributed by atoms with Crippen LogP contribution < -0.4 is 0 Å². The second kappa shape index (κ2) is 3.84. The van der Waals surface area contributed by atoms with Crippen LogP contribution in [0, 0.1) is 0 Å². The first-order valence-corrected chi connectivity index (χ1v) is 6.03. The molecule has 0 aromatic carbocycles. The van der Waals surface area contributed by atoms with Gasteiger partial charge in [0.1, 0.15) is 5.41 Å². The van der Waals surface area contributed by atoms with E-state index in [4.69, 9.17) is 9.26 Å². The Morgan fingerprint density at radius 1 is 1.67 bits per heavy atom. The van der Waals surface area contributed by atoms with Gasteiger partial charge in [-0.3, -0.25) is 4.79 Å². The Bertz CT molecular complexity index is 373. The average molecular weight is 228 g/mol. The predicted molar refractivity (Wildman–Crippen MR) is 54.4 cm³/mol. The second-order valence-electron chi connectivity index (χ2n) is 3.52. The molecule has 0 unspecified atom stereocenters. The molecule has 1 aliphatic carbocycles. The van der Waals surface area contributed by atoms with Gasteiger partial charge in [-0.25, -0.2) is 0 Å². The number of esters is 1. The molecule has 5 nitrogen and oxygen atoms in total. The number of ether oxygens (including phenoxy) is 1. The van der Waals surface area contributed by atoms with E-state index in [-0.39, 0.29) is 5.97 Å². The van der Waals surface area contributed by atoms with Crippen molar-refractivity contribution in [2.75, 3.05) is 13.4 Å². The standard InChI is InChI=1S/C9H12N2O3S/c1-13-8(12)9(3-4-9)7-10-6(5-15-2)11-14-7/h3-5H2,1-2H3. The van der Waals surface area contributed by atoms with E-state index < -0.39 is 5.41 Å². The highest BCUT2D eigenvalue weighted by Gasteiger charge is 2.57. The van der Waals surface area contributed by atoms with Gasteiger partial charge in [-0.05, 0) is 19.1 Å². The van der Waals surface area contributed by atoms with E-state index in [9.17, 15) is 4.79 Å². The molecule has 0 amide bonds. The summed E-state index contributed by atoms with van der Waals surface area (Å²) in [5.41, 5.74) is -0.640. The SMILES string of the molecule is COC(=O)C1(c2nc(CSC)no2)CC1. The van der Waals surface area contributed by atoms with Gasteiger partial charge in [0.05, 0.1) is 12.9 Å². The number of methoxy groups -OCH3 is 1. The summed E-state index contributed by atoms with van der Waals surface area (Å²) in [6.07, 6.45) is 3.43. The Balaban J connectivity index is 2.18. The molecular formula is C9H12N2O3S. The van der Waals surface area contributed by atoms with Gasteiger partial charge in [0, 0.05) is 0 Å². The zero-order chi connectivity index (χ0) is 10.9.